The predicted molar refractivity (Wildman–Crippen MR) is 78.7 cm³/mol. The molecule has 0 spiro atoms. The standard InChI is InChI=1S/C14H20N4O3/c1-2-21-14(20)10-5-6-17-13(11(10)15)18-7-3-4-9(8-18)12(16)19/h5-6,9H,2-4,7-8,15H2,1H3,(H2,16,19). The second-order valence-electron chi connectivity index (χ2n) is 5.00. The summed E-state index contributed by atoms with van der Waals surface area (Å²) in [6.45, 7) is 3.22. The van der Waals surface area contributed by atoms with Crippen molar-refractivity contribution >= 4 is 23.4 Å². The molecule has 1 fully saturated rings. The van der Waals surface area contributed by atoms with E-state index in [-0.39, 0.29) is 24.1 Å². The van der Waals surface area contributed by atoms with Gasteiger partial charge in [0.2, 0.25) is 5.91 Å². The van der Waals surface area contributed by atoms with Gasteiger partial charge in [0.05, 0.1) is 23.8 Å². The van der Waals surface area contributed by atoms with E-state index in [9.17, 15) is 9.59 Å². The van der Waals surface area contributed by atoms with Gasteiger partial charge in [-0.1, -0.05) is 0 Å². The topological polar surface area (TPSA) is 112 Å². The number of aromatic nitrogens is 1. The highest BCUT2D eigenvalue weighted by Crippen LogP contribution is 2.28. The zero-order chi connectivity index (χ0) is 15.4. The number of ether oxygens (including phenoxy) is 1. The van der Waals surface area contributed by atoms with Crippen LogP contribution in [0.15, 0.2) is 12.3 Å². The minimum absolute atomic E-state index is 0.216. The molecule has 1 aromatic heterocycles. The lowest BCUT2D eigenvalue weighted by Crippen LogP contribution is -2.41. The molecular formula is C14H20N4O3. The maximum absolute atomic E-state index is 11.9. The molecule has 1 aliphatic heterocycles. The maximum atomic E-state index is 11.9. The van der Waals surface area contributed by atoms with Crippen LogP contribution < -0.4 is 16.4 Å². The number of hydrogen-bond acceptors (Lipinski definition) is 6. The zero-order valence-corrected chi connectivity index (χ0v) is 12.0. The number of nitrogen functional groups attached to an aromatic ring is 1. The number of esters is 1. The molecule has 1 unspecified atom stereocenters. The van der Waals surface area contributed by atoms with Crippen molar-refractivity contribution < 1.29 is 14.3 Å². The summed E-state index contributed by atoms with van der Waals surface area (Å²) in [4.78, 5) is 29.3. The monoisotopic (exact) mass is 292 g/mol. The number of amides is 1. The average Bonchev–Trinajstić information content (AvgIpc) is 2.47. The van der Waals surface area contributed by atoms with Crippen molar-refractivity contribution in [1.29, 1.82) is 0 Å². The zero-order valence-electron chi connectivity index (χ0n) is 12.0. The number of anilines is 2. The summed E-state index contributed by atoms with van der Waals surface area (Å²) >= 11 is 0. The van der Waals surface area contributed by atoms with Crippen LogP contribution in [0.25, 0.3) is 0 Å². The molecule has 4 N–H and O–H groups in total. The van der Waals surface area contributed by atoms with E-state index < -0.39 is 5.97 Å². The number of nitrogens with zero attached hydrogens (tertiary/aromatic N) is 2. The van der Waals surface area contributed by atoms with Crippen molar-refractivity contribution in [3.63, 3.8) is 0 Å². The summed E-state index contributed by atoms with van der Waals surface area (Å²) in [6, 6.07) is 1.53. The van der Waals surface area contributed by atoms with Crippen molar-refractivity contribution in [3.05, 3.63) is 17.8 Å². The van der Waals surface area contributed by atoms with Gasteiger partial charge in [0.1, 0.15) is 0 Å². The van der Waals surface area contributed by atoms with Crippen molar-refractivity contribution in [2.45, 2.75) is 19.8 Å². The van der Waals surface area contributed by atoms with E-state index in [1.165, 1.54) is 12.3 Å². The minimum atomic E-state index is -0.470. The molecule has 0 bridgehead atoms. The molecule has 7 heteroatoms. The quantitative estimate of drug-likeness (QED) is 0.783. The van der Waals surface area contributed by atoms with Gasteiger partial charge in [-0.3, -0.25) is 4.79 Å². The SMILES string of the molecule is CCOC(=O)c1ccnc(N2CCCC(C(N)=O)C2)c1N. The second-order valence-corrected chi connectivity index (χ2v) is 5.00. The van der Waals surface area contributed by atoms with E-state index in [0.29, 0.717) is 17.9 Å². The van der Waals surface area contributed by atoms with Crippen LogP contribution >= 0.6 is 0 Å². The van der Waals surface area contributed by atoms with E-state index in [0.717, 1.165) is 19.4 Å². The van der Waals surface area contributed by atoms with Gasteiger partial charge in [-0.05, 0) is 25.8 Å². The lowest BCUT2D eigenvalue weighted by atomic mass is 9.97. The molecule has 2 heterocycles. The Bertz CT molecular complexity index is 547. The van der Waals surface area contributed by atoms with E-state index in [4.69, 9.17) is 16.2 Å². The second kappa shape index (κ2) is 6.43. The summed E-state index contributed by atoms with van der Waals surface area (Å²) in [7, 11) is 0. The molecule has 1 saturated heterocycles. The third-order valence-electron chi connectivity index (χ3n) is 3.59. The first-order chi connectivity index (χ1) is 10.0. The van der Waals surface area contributed by atoms with Gasteiger partial charge in [0.15, 0.2) is 5.82 Å². The summed E-state index contributed by atoms with van der Waals surface area (Å²) < 4.78 is 4.97. The van der Waals surface area contributed by atoms with E-state index in [2.05, 4.69) is 4.98 Å². The van der Waals surface area contributed by atoms with Gasteiger partial charge in [0.25, 0.3) is 0 Å². The molecule has 0 saturated carbocycles. The van der Waals surface area contributed by atoms with Crippen molar-refractivity contribution in [2.24, 2.45) is 11.7 Å². The molecule has 2 rings (SSSR count). The highest BCUT2D eigenvalue weighted by atomic mass is 16.5. The Kier molecular flexibility index (Phi) is 4.62. The molecule has 0 aliphatic carbocycles. The molecule has 0 aromatic carbocycles. The minimum Gasteiger partial charge on any atom is -0.462 e. The Morgan fingerprint density at radius 1 is 1.52 bits per heavy atom. The van der Waals surface area contributed by atoms with E-state index >= 15 is 0 Å². The smallest absolute Gasteiger partial charge is 0.340 e. The van der Waals surface area contributed by atoms with Crippen LogP contribution in [-0.4, -0.2) is 36.6 Å². The van der Waals surface area contributed by atoms with Gasteiger partial charge < -0.3 is 21.1 Å². The molecule has 1 aliphatic rings. The fourth-order valence-corrected chi connectivity index (χ4v) is 2.50. The molecular weight excluding hydrogens is 272 g/mol. The Morgan fingerprint density at radius 2 is 2.29 bits per heavy atom. The van der Waals surface area contributed by atoms with Crippen LogP contribution in [0.2, 0.25) is 0 Å². The summed E-state index contributed by atoms with van der Waals surface area (Å²) in [6.07, 6.45) is 3.12. The van der Waals surface area contributed by atoms with Crippen LogP contribution in [0.3, 0.4) is 0 Å². The fraction of sp³-hybridized carbons (Fsp3) is 0.500. The van der Waals surface area contributed by atoms with Crippen LogP contribution in [0.4, 0.5) is 11.5 Å². The Morgan fingerprint density at radius 3 is 2.95 bits per heavy atom. The Hall–Kier alpha value is -2.31. The number of carbonyl (C=O) groups is 2. The van der Waals surface area contributed by atoms with Crippen molar-refractivity contribution in [2.75, 3.05) is 30.3 Å². The first kappa shape index (κ1) is 15.1. The van der Waals surface area contributed by atoms with Crippen LogP contribution in [-0.2, 0) is 9.53 Å². The molecule has 1 aromatic rings. The summed E-state index contributed by atoms with van der Waals surface area (Å²) in [5, 5.41) is 0. The van der Waals surface area contributed by atoms with Crippen LogP contribution in [0.5, 0.6) is 0 Å². The number of hydrogen-bond donors (Lipinski definition) is 2. The van der Waals surface area contributed by atoms with Gasteiger partial charge >= 0.3 is 5.97 Å². The maximum Gasteiger partial charge on any atom is 0.340 e. The van der Waals surface area contributed by atoms with E-state index in [1.807, 2.05) is 4.90 Å². The molecule has 7 nitrogen and oxygen atoms in total. The first-order valence-corrected chi connectivity index (χ1v) is 7.00. The third kappa shape index (κ3) is 3.24. The summed E-state index contributed by atoms with van der Waals surface area (Å²) in [5.41, 5.74) is 12.0. The molecule has 21 heavy (non-hydrogen) atoms. The summed E-state index contributed by atoms with van der Waals surface area (Å²) in [5.74, 6) is -0.500. The number of carbonyl (C=O) groups excluding carboxylic acids is 2. The Balaban J connectivity index is 2.25. The number of piperidine rings is 1. The average molecular weight is 292 g/mol. The van der Waals surface area contributed by atoms with Gasteiger partial charge in [-0.15, -0.1) is 0 Å². The molecule has 0 radical (unpaired) electrons. The van der Waals surface area contributed by atoms with Crippen molar-refractivity contribution in [3.8, 4) is 0 Å². The number of primary amides is 1. The highest BCUT2D eigenvalue weighted by molar-refractivity contribution is 5.97. The molecule has 114 valence electrons. The highest BCUT2D eigenvalue weighted by Gasteiger charge is 2.27. The Labute approximate surface area is 123 Å². The van der Waals surface area contributed by atoms with Crippen LogP contribution in [0, 0.1) is 5.92 Å². The van der Waals surface area contributed by atoms with Gasteiger partial charge in [-0.2, -0.15) is 0 Å². The van der Waals surface area contributed by atoms with Gasteiger partial charge in [0, 0.05) is 19.3 Å². The number of rotatable bonds is 4. The predicted octanol–water partition coefficient (Wildman–Crippen LogP) is 0.542. The number of pyridine rings is 1. The number of nitrogens with two attached hydrogens (primary N) is 2. The first-order valence-electron chi connectivity index (χ1n) is 7.00. The fourth-order valence-electron chi connectivity index (χ4n) is 2.50. The van der Waals surface area contributed by atoms with E-state index in [1.54, 1.807) is 6.92 Å². The van der Waals surface area contributed by atoms with Crippen LogP contribution in [0.1, 0.15) is 30.1 Å². The normalized spacial score (nSPS) is 18.3. The van der Waals surface area contributed by atoms with Gasteiger partial charge in [-0.25, -0.2) is 9.78 Å². The lowest BCUT2D eigenvalue weighted by Gasteiger charge is -2.32. The third-order valence-corrected chi connectivity index (χ3v) is 3.59. The largest absolute Gasteiger partial charge is 0.462 e. The molecule has 1 atom stereocenters. The lowest BCUT2D eigenvalue weighted by molar-refractivity contribution is -0.122. The van der Waals surface area contributed by atoms with Crippen molar-refractivity contribution in [1.82, 2.24) is 4.98 Å². The molecule has 1 amide bonds.